The van der Waals surface area contributed by atoms with Gasteiger partial charge in [0, 0.05) is 19.4 Å². The number of amides is 1. The van der Waals surface area contributed by atoms with Crippen LogP contribution in [0.15, 0.2) is 65.1 Å². The summed E-state index contributed by atoms with van der Waals surface area (Å²) in [4.78, 5) is 11.9. The van der Waals surface area contributed by atoms with Gasteiger partial charge in [0.25, 0.3) is 0 Å². The van der Waals surface area contributed by atoms with Gasteiger partial charge < -0.3 is 9.73 Å². The Balaban J connectivity index is 1.46. The zero-order chi connectivity index (χ0) is 18.4. The second-order valence-electron chi connectivity index (χ2n) is 5.94. The fourth-order valence-electron chi connectivity index (χ4n) is 2.68. The fraction of sp³-hybridized carbons (Fsp3) is 0.190. The summed E-state index contributed by atoms with van der Waals surface area (Å²) >= 11 is 0. The summed E-state index contributed by atoms with van der Waals surface area (Å²) in [5.41, 5.74) is 0.974. The number of halogens is 2. The van der Waals surface area contributed by atoms with E-state index in [0.29, 0.717) is 42.0 Å². The van der Waals surface area contributed by atoms with Crippen molar-refractivity contribution in [3.05, 3.63) is 83.6 Å². The lowest BCUT2D eigenvalue weighted by Gasteiger charge is -2.05. The first-order chi connectivity index (χ1) is 12.6. The second kappa shape index (κ2) is 8.43. The Morgan fingerprint density at radius 3 is 2.38 bits per heavy atom. The molecule has 0 saturated heterocycles. The molecule has 2 aromatic carbocycles. The average Bonchev–Trinajstić information content (AvgIpc) is 3.11. The van der Waals surface area contributed by atoms with Gasteiger partial charge in [-0.1, -0.05) is 30.3 Å². The molecule has 0 aliphatic rings. The second-order valence-corrected chi connectivity index (χ2v) is 5.94. The molecule has 134 valence electrons. The maximum absolute atomic E-state index is 13.8. The van der Waals surface area contributed by atoms with E-state index in [1.807, 2.05) is 0 Å². The SMILES string of the molecule is O=C(CCc1ccc(-c2ccccc2F)o1)NCCc1ccccc1F. The molecule has 1 N–H and O–H groups in total. The van der Waals surface area contributed by atoms with E-state index in [2.05, 4.69) is 5.32 Å². The third-order valence-corrected chi connectivity index (χ3v) is 4.07. The number of nitrogens with one attached hydrogen (secondary N) is 1. The Bertz CT molecular complexity index is 889. The maximum Gasteiger partial charge on any atom is 0.220 e. The molecule has 3 rings (SSSR count). The van der Waals surface area contributed by atoms with Gasteiger partial charge in [0.05, 0.1) is 5.56 Å². The van der Waals surface area contributed by atoms with E-state index in [9.17, 15) is 13.6 Å². The van der Waals surface area contributed by atoms with Gasteiger partial charge >= 0.3 is 0 Å². The van der Waals surface area contributed by atoms with Crippen LogP contribution in [-0.4, -0.2) is 12.5 Å². The Hall–Kier alpha value is -2.95. The predicted octanol–water partition coefficient (Wildman–Crippen LogP) is 4.52. The molecule has 1 heterocycles. The van der Waals surface area contributed by atoms with Crippen molar-refractivity contribution >= 4 is 5.91 Å². The van der Waals surface area contributed by atoms with Gasteiger partial charge in [0.1, 0.15) is 23.2 Å². The minimum absolute atomic E-state index is 0.134. The Morgan fingerprint density at radius 2 is 1.62 bits per heavy atom. The summed E-state index contributed by atoms with van der Waals surface area (Å²) < 4.78 is 32.9. The minimum Gasteiger partial charge on any atom is -0.461 e. The van der Waals surface area contributed by atoms with Crippen molar-refractivity contribution in [2.45, 2.75) is 19.3 Å². The molecular formula is C21H19F2NO2. The molecule has 3 nitrogen and oxygen atoms in total. The summed E-state index contributed by atoms with van der Waals surface area (Å²) in [5.74, 6) is 0.313. The predicted molar refractivity (Wildman–Crippen MR) is 95.5 cm³/mol. The minimum atomic E-state index is -0.348. The van der Waals surface area contributed by atoms with Crippen molar-refractivity contribution in [2.24, 2.45) is 0 Å². The zero-order valence-electron chi connectivity index (χ0n) is 14.2. The van der Waals surface area contributed by atoms with Crippen molar-refractivity contribution in [3.8, 4) is 11.3 Å². The molecule has 0 saturated carbocycles. The van der Waals surface area contributed by atoms with Crippen LogP contribution >= 0.6 is 0 Å². The molecule has 0 aliphatic carbocycles. The number of hydrogen-bond donors (Lipinski definition) is 1. The highest BCUT2D eigenvalue weighted by molar-refractivity contribution is 5.76. The molecule has 0 spiro atoms. The van der Waals surface area contributed by atoms with Gasteiger partial charge in [0.2, 0.25) is 5.91 Å². The monoisotopic (exact) mass is 355 g/mol. The number of furan rings is 1. The highest BCUT2D eigenvalue weighted by atomic mass is 19.1. The van der Waals surface area contributed by atoms with Gasteiger partial charge in [-0.05, 0) is 42.3 Å². The smallest absolute Gasteiger partial charge is 0.220 e. The van der Waals surface area contributed by atoms with E-state index in [4.69, 9.17) is 4.42 Å². The summed E-state index contributed by atoms with van der Waals surface area (Å²) in [6.07, 6.45) is 1.11. The maximum atomic E-state index is 13.8. The van der Waals surface area contributed by atoms with Gasteiger partial charge in [-0.3, -0.25) is 4.79 Å². The topological polar surface area (TPSA) is 42.2 Å². The third kappa shape index (κ3) is 4.57. The van der Waals surface area contributed by atoms with Crippen LogP contribution in [0.2, 0.25) is 0 Å². The number of rotatable bonds is 7. The Labute approximate surface area is 150 Å². The van der Waals surface area contributed by atoms with E-state index < -0.39 is 0 Å². The van der Waals surface area contributed by atoms with E-state index in [0.717, 1.165) is 0 Å². The fourth-order valence-corrected chi connectivity index (χ4v) is 2.68. The van der Waals surface area contributed by atoms with Crippen LogP contribution in [0.4, 0.5) is 8.78 Å². The third-order valence-electron chi connectivity index (χ3n) is 4.07. The first-order valence-electron chi connectivity index (χ1n) is 8.47. The zero-order valence-corrected chi connectivity index (χ0v) is 14.2. The van der Waals surface area contributed by atoms with Crippen molar-refractivity contribution in [1.29, 1.82) is 0 Å². The highest BCUT2D eigenvalue weighted by Gasteiger charge is 2.10. The van der Waals surface area contributed by atoms with E-state index in [1.54, 1.807) is 48.5 Å². The number of aryl methyl sites for hydroxylation is 1. The average molecular weight is 355 g/mol. The molecule has 5 heteroatoms. The van der Waals surface area contributed by atoms with Gasteiger partial charge in [-0.15, -0.1) is 0 Å². The summed E-state index contributed by atoms with van der Waals surface area (Å²) in [6, 6.07) is 16.3. The van der Waals surface area contributed by atoms with Crippen molar-refractivity contribution < 1.29 is 18.0 Å². The number of carbonyl (C=O) groups is 1. The van der Waals surface area contributed by atoms with Crippen molar-refractivity contribution in [3.63, 3.8) is 0 Å². The molecule has 0 unspecified atom stereocenters. The molecule has 26 heavy (non-hydrogen) atoms. The summed E-state index contributed by atoms with van der Waals surface area (Å²) in [5, 5.41) is 2.77. The van der Waals surface area contributed by atoms with Gasteiger partial charge in [0.15, 0.2) is 0 Å². The molecule has 0 atom stereocenters. The summed E-state index contributed by atoms with van der Waals surface area (Å²) in [6.45, 7) is 0.373. The van der Waals surface area contributed by atoms with Crippen LogP contribution in [0.25, 0.3) is 11.3 Å². The largest absolute Gasteiger partial charge is 0.461 e. The van der Waals surface area contributed by atoms with Crippen LogP contribution in [0, 0.1) is 11.6 Å². The quantitative estimate of drug-likeness (QED) is 0.677. The van der Waals surface area contributed by atoms with E-state index >= 15 is 0 Å². The summed E-state index contributed by atoms with van der Waals surface area (Å²) in [7, 11) is 0. The number of hydrogen-bond acceptors (Lipinski definition) is 2. The first kappa shape index (κ1) is 17.9. The van der Waals surface area contributed by atoms with E-state index in [-0.39, 0.29) is 24.0 Å². The highest BCUT2D eigenvalue weighted by Crippen LogP contribution is 2.25. The van der Waals surface area contributed by atoms with Crippen molar-refractivity contribution in [2.75, 3.05) is 6.54 Å². The first-order valence-corrected chi connectivity index (χ1v) is 8.47. The molecular weight excluding hydrogens is 336 g/mol. The molecule has 0 bridgehead atoms. The Kier molecular flexibility index (Phi) is 5.79. The number of benzene rings is 2. The molecule has 0 fully saturated rings. The van der Waals surface area contributed by atoms with E-state index in [1.165, 1.54) is 12.1 Å². The normalized spacial score (nSPS) is 10.7. The van der Waals surface area contributed by atoms with Crippen molar-refractivity contribution in [1.82, 2.24) is 5.32 Å². The molecule has 1 amide bonds. The van der Waals surface area contributed by atoms with Crippen LogP contribution in [0.3, 0.4) is 0 Å². The molecule has 1 aromatic heterocycles. The van der Waals surface area contributed by atoms with Gasteiger partial charge in [-0.25, -0.2) is 8.78 Å². The van der Waals surface area contributed by atoms with Crippen LogP contribution in [0.1, 0.15) is 17.7 Å². The number of carbonyl (C=O) groups excluding carboxylic acids is 1. The molecule has 0 aliphatic heterocycles. The van der Waals surface area contributed by atoms with Crippen LogP contribution in [0.5, 0.6) is 0 Å². The van der Waals surface area contributed by atoms with Crippen LogP contribution in [-0.2, 0) is 17.6 Å². The molecule has 3 aromatic rings. The standard InChI is InChI=1S/C21H19F2NO2/c22-18-7-3-1-5-15(18)13-14-24-21(25)12-10-16-9-11-20(26-16)17-6-2-4-8-19(17)23/h1-9,11H,10,12-14H2,(H,24,25). The Morgan fingerprint density at radius 1 is 0.885 bits per heavy atom. The lowest BCUT2D eigenvalue weighted by atomic mass is 10.1. The lowest BCUT2D eigenvalue weighted by molar-refractivity contribution is -0.121. The lowest BCUT2D eigenvalue weighted by Crippen LogP contribution is -2.26. The van der Waals surface area contributed by atoms with Crippen LogP contribution < -0.4 is 5.32 Å². The molecule has 0 radical (unpaired) electrons. The van der Waals surface area contributed by atoms with Gasteiger partial charge in [-0.2, -0.15) is 0 Å².